The van der Waals surface area contributed by atoms with Crippen LogP contribution in [0.15, 0.2) is 18.2 Å². The van der Waals surface area contributed by atoms with Gasteiger partial charge in [0, 0.05) is 19.3 Å². The summed E-state index contributed by atoms with van der Waals surface area (Å²) in [5, 5.41) is 15.0. The van der Waals surface area contributed by atoms with Gasteiger partial charge in [0.15, 0.2) is 0 Å². The van der Waals surface area contributed by atoms with E-state index in [0.29, 0.717) is 5.13 Å². The molecule has 2 N–H and O–H groups in total. The summed E-state index contributed by atoms with van der Waals surface area (Å²) in [6.07, 6.45) is 2.23. The lowest BCUT2D eigenvalue weighted by atomic mass is 10.1. The van der Waals surface area contributed by atoms with Gasteiger partial charge in [0.05, 0.1) is 0 Å². The molecule has 0 unspecified atom stereocenters. The highest BCUT2D eigenvalue weighted by Crippen LogP contribution is 2.24. The Morgan fingerprint density at radius 2 is 2.04 bits per heavy atom. The van der Waals surface area contributed by atoms with Crippen LogP contribution in [0.1, 0.15) is 30.9 Å². The molecule has 0 aliphatic carbocycles. The van der Waals surface area contributed by atoms with Crippen LogP contribution in [0.4, 0.5) is 20.7 Å². The smallest absolute Gasteiger partial charge is 0.325 e. The number of carbonyl (C=O) groups is 1. The number of amides is 2. The van der Waals surface area contributed by atoms with E-state index in [0.717, 1.165) is 41.3 Å². The molecule has 0 bridgehead atoms. The van der Waals surface area contributed by atoms with E-state index in [2.05, 4.69) is 32.7 Å². The molecule has 2 amide bonds. The maximum Gasteiger partial charge on any atom is 0.325 e. The zero-order chi connectivity index (χ0) is 16.8. The summed E-state index contributed by atoms with van der Waals surface area (Å²) >= 11 is 1.37. The lowest BCUT2D eigenvalue weighted by molar-refractivity contribution is 0.262. The van der Waals surface area contributed by atoms with Gasteiger partial charge in [-0.15, -0.1) is 10.2 Å². The van der Waals surface area contributed by atoms with Gasteiger partial charge in [-0.3, -0.25) is 5.32 Å². The van der Waals surface area contributed by atoms with Crippen LogP contribution in [-0.4, -0.2) is 29.8 Å². The Labute approximate surface area is 140 Å². The highest BCUT2D eigenvalue weighted by molar-refractivity contribution is 7.19. The predicted octanol–water partition coefficient (Wildman–Crippen LogP) is 4.04. The number of aryl methyl sites for hydroxylation is 2. The number of unbranched alkanes of at least 4 members (excludes halogenated alkanes) is 1. The molecule has 0 spiro atoms. The molecule has 0 fully saturated rings. The molecule has 0 saturated heterocycles. The Bertz CT molecular complexity index is 670. The van der Waals surface area contributed by atoms with Gasteiger partial charge in [0.1, 0.15) is 0 Å². The summed E-state index contributed by atoms with van der Waals surface area (Å²) in [5.74, 6) is 0. The van der Waals surface area contributed by atoms with Gasteiger partial charge in [-0.05, 0) is 37.5 Å². The third kappa shape index (κ3) is 4.92. The number of benzene rings is 1. The Morgan fingerprint density at radius 3 is 2.78 bits per heavy atom. The zero-order valence-corrected chi connectivity index (χ0v) is 14.8. The second-order valence-corrected chi connectivity index (χ2v) is 6.52. The molecule has 1 aromatic heterocycles. The molecule has 1 heterocycles. The molecule has 6 nitrogen and oxygen atoms in total. The lowest BCUT2D eigenvalue weighted by Gasteiger charge is -2.13. The van der Waals surface area contributed by atoms with Gasteiger partial charge in [-0.25, -0.2) is 4.79 Å². The number of hydrogen-bond acceptors (Lipinski definition) is 5. The first kappa shape index (κ1) is 17.2. The number of rotatable bonds is 6. The fourth-order valence-corrected chi connectivity index (χ4v) is 2.76. The van der Waals surface area contributed by atoms with E-state index in [1.54, 1.807) is 0 Å². The van der Waals surface area contributed by atoms with Crippen LogP contribution in [0.2, 0.25) is 0 Å². The number of nitrogens with one attached hydrogen (secondary N) is 2. The fraction of sp³-hybridized carbons (Fsp3) is 0.438. The van der Waals surface area contributed by atoms with Crippen LogP contribution >= 0.6 is 11.3 Å². The van der Waals surface area contributed by atoms with Crippen molar-refractivity contribution in [2.75, 3.05) is 29.1 Å². The first-order valence-corrected chi connectivity index (χ1v) is 8.51. The molecule has 2 aromatic rings. The fourth-order valence-electron chi connectivity index (χ4n) is 2.03. The zero-order valence-electron chi connectivity index (χ0n) is 14.0. The van der Waals surface area contributed by atoms with Crippen molar-refractivity contribution in [2.45, 2.75) is 33.6 Å². The number of aromatic nitrogens is 2. The number of carbonyl (C=O) groups excluding carboxylic acids is 1. The van der Waals surface area contributed by atoms with Crippen molar-refractivity contribution in [2.24, 2.45) is 0 Å². The van der Waals surface area contributed by atoms with Gasteiger partial charge in [-0.2, -0.15) is 0 Å². The summed E-state index contributed by atoms with van der Waals surface area (Å²) in [6, 6.07) is 5.63. The Kier molecular flexibility index (Phi) is 5.92. The van der Waals surface area contributed by atoms with Crippen LogP contribution in [0.3, 0.4) is 0 Å². The Hall–Kier alpha value is -2.15. The molecule has 0 aliphatic rings. The van der Waals surface area contributed by atoms with Crippen molar-refractivity contribution in [3.8, 4) is 0 Å². The SMILES string of the molecule is CCCCN(C)c1nnc(NC(=O)Nc2cc(C)ccc2C)s1. The molecule has 1 aromatic carbocycles. The van der Waals surface area contributed by atoms with E-state index < -0.39 is 0 Å². The van der Waals surface area contributed by atoms with Crippen LogP contribution in [0.25, 0.3) is 0 Å². The highest BCUT2D eigenvalue weighted by Gasteiger charge is 2.11. The molecule has 0 radical (unpaired) electrons. The standard InChI is InChI=1S/C16H23N5OS/c1-5-6-9-21(4)16-20-19-15(23-16)18-14(22)17-13-10-11(2)7-8-12(13)3/h7-8,10H,5-6,9H2,1-4H3,(H2,17,18,19,22). The van der Waals surface area contributed by atoms with Crippen molar-refractivity contribution in [1.82, 2.24) is 10.2 Å². The summed E-state index contributed by atoms with van der Waals surface area (Å²) in [6.45, 7) is 7.03. The van der Waals surface area contributed by atoms with Crippen LogP contribution in [0.5, 0.6) is 0 Å². The van der Waals surface area contributed by atoms with Gasteiger partial charge in [0.2, 0.25) is 10.3 Å². The maximum atomic E-state index is 12.1. The molecule has 2 rings (SSSR count). The molecule has 23 heavy (non-hydrogen) atoms. The number of urea groups is 1. The molecule has 0 atom stereocenters. The predicted molar refractivity (Wildman–Crippen MR) is 96.6 cm³/mol. The average molecular weight is 333 g/mol. The third-order valence-electron chi connectivity index (χ3n) is 3.45. The largest absolute Gasteiger partial charge is 0.350 e. The quantitative estimate of drug-likeness (QED) is 0.837. The van der Waals surface area contributed by atoms with Gasteiger partial charge in [0.25, 0.3) is 0 Å². The molecule has 124 valence electrons. The van der Waals surface area contributed by atoms with Crippen molar-refractivity contribution >= 4 is 33.3 Å². The van der Waals surface area contributed by atoms with Crippen LogP contribution in [0, 0.1) is 13.8 Å². The van der Waals surface area contributed by atoms with Crippen molar-refractivity contribution in [1.29, 1.82) is 0 Å². The van der Waals surface area contributed by atoms with Crippen molar-refractivity contribution in [3.63, 3.8) is 0 Å². The minimum absolute atomic E-state index is 0.308. The Balaban J connectivity index is 1.95. The minimum Gasteiger partial charge on any atom is -0.350 e. The van der Waals surface area contributed by atoms with E-state index in [9.17, 15) is 4.79 Å². The second-order valence-electron chi connectivity index (χ2n) is 5.56. The van der Waals surface area contributed by atoms with Gasteiger partial charge in [-0.1, -0.05) is 36.8 Å². The number of nitrogens with zero attached hydrogens (tertiary/aromatic N) is 3. The number of anilines is 3. The first-order chi connectivity index (χ1) is 11.0. The molecule has 0 aliphatic heterocycles. The van der Waals surface area contributed by atoms with Crippen molar-refractivity contribution < 1.29 is 4.79 Å². The van der Waals surface area contributed by atoms with E-state index in [1.807, 2.05) is 39.1 Å². The average Bonchev–Trinajstić information content (AvgIpc) is 2.97. The Morgan fingerprint density at radius 1 is 1.26 bits per heavy atom. The summed E-state index contributed by atoms with van der Waals surface area (Å²) in [5.41, 5.74) is 2.91. The monoisotopic (exact) mass is 333 g/mol. The first-order valence-electron chi connectivity index (χ1n) is 7.69. The molecule has 7 heteroatoms. The van der Waals surface area contributed by atoms with Crippen molar-refractivity contribution in [3.05, 3.63) is 29.3 Å². The summed E-state index contributed by atoms with van der Waals surface area (Å²) in [4.78, 5) is 14.2. The molecular weight excluding hydrogens is 310 g/mol. The summed E-state index contributed by atoms with van der Waals surface area (Å²) in [7, 11) is 1.98. The topological polar surface area (TPSA) is 70.2 Å². The minimum atomic E-state index is -0.308. The van der Waals surface area contributed by atoms with E-state index in [1.165, 1.54) is 11.3 Å². The second kappa shape index (κ2) is 7.92. The third-order valence-corrected chi connectivity index (χ3v) is 4.40. The van der Waals surface area contributed by atoms with Crippen LogP contribution < -0.4 is 15.5 Å². The van der Waals surface area contributed by atoms with Gasteiger partial charge < -0.3 is 10.2 Å². The normalized spacial score (nSPS) is 10.4. The maximum absolute atomic E-state index is 12.1. The molecule has 0 saturated carbocycles. The highest BCUT2D eigenvalue weighted by atomic mass is 32.1. The number of hydrogen-bond donors (Lipinski definition) is 2. The lowest BCUT2D eigenvalue weighted by Crippen LogP contribution is -2.20. The van der Waals surface area contributed by atoms with Gasteiger partial charge >= 0.3 is 6.03 Å². The van der Waals surface area contributed by atoms with E-state index >= 15 is 0 Å². The molecular formula is C16H23N5OS. The van der Waals surface area contributed by atoms with E-state index in [-0.39, 0.29) is 6.03 Å². The van der Waals surface area contributed by atoms with Crippen LogP contribution in [-0.2, 0) is 0 Å². The van der Waals surface area contributed by atoms with E-state index in [4.69, 9.17) is 0 Å². The summed E-state index contributed by atoms with van der Waals surface area (Å²) < 4.78 is 0.